The van der Waals surface area contributed by atoms with Crippen molar-refractivity contribution in [3.05, 3.63) is 59.4 Å². The van der Waals surface area contributed by atoms with E-state index < -0.39 is 10.0 Å². The molecule has 2 aromatic rings. The van der Waals surface area contributed by atoms with Gasteiger partial charge in [0.05, 0.1) is 10.9 Å². The van der Waals surface area contributed by atoms with Crippen molar-refractivity contribution < 1.29 is 8.42 Å². The fourth-order valence-corrected chi connectivity index (χ4v) is 4.83. The Hall–Kier alpha value is -1.72. The quantitative estimate of drug-likeness (QED) is 0.864. The summed E-state index contributed by atoms with van der Waals surface area (Å²) < 4.78 is 27.8. The summed E-state index contributed by atoms with van der Waals surface area (Å²) in [5, 5.41) is 0. The van der Waals surface area contributed by atoms with E-state index in [0.717, 1.165) is 36.1 Å². The van der Waals surface area contributed by atoms with Crippen LogP contribution in [-0.4, -0.2) is 24.3 Å². The van der Waals surface area contributed by atoms with Crippen LogP contribution in [0, 0.1) is 13.8 Å². The predicted octanol–water partition coefficient (Wildman–Crippen LogP) is 3.61. The van der Waals surface area contributed by atoms with Crippen molar-refractivity contribution in [1.29, 1.82) is 0 Å². The Labute approximate surface area is 138 Å². The van der Waals surface area contributed by atoms with E-state index in [1.54, 1.807) is 22.6 Å². The molecule has 23 heavy (non-hydrogen) atoms. The van der Waals surface area contributed by atoms with E-state index >= 15 is 0 Å². The van der Waals surface area contributed by atoms with E-state index in [4.69, 9.17) is 0 Å². The number of rotatable bonds is 3. The summed E-state index contributed by atoms with van der Waals surface area (Å²) in [6.07, 6.45) is 4.57. The van der Waals surface area contributed by atoms with Crippen molar-refractivity contribution in [2.45, 2.75) is 44.0 Å². The minimum Gasteiger partial charge on any atom is -0.262 e. The maximum absolute atomic E-state index is 13.1. The van der Waals surface area contributed by atoms with Crippen LogP contribution < -0.4 is 0 Å². The first-order valence-corrected chi connectivity index (χ1v) is 9.43. The van der Waals surface area contributed by atoms with Crippen molar-refractivity contribution in [3.63, 3.8) is 0 Å². The van der Waals surface area contributed by atoms with Gasteiger partial charge < -0.3 is 0 Å². The molecule has 122 valence electrons. The summed E-state index contributed by atoms with van der Waals surface area (Å²) in [6, 6.07) is 10.9. The molecule has 1 atom stereocenters. The number of sulfonamides is 1. The third-order valence-corrected chi connectivity index (χ3v) is 6.31. The second-order valence-electron chi connectivity index (χ2n) is 6.17. The van der Waals surface area contributed by atoms with Gasteiger partial charge in [0.25, 0.3) is 0 Å². The number of nitrogens with zero attached hydrogens (tertiary/aromatic N) is 2. The Morgan fingerprint density at radius 1 is 1.09 bits per heavy atom. The molecule has 3 rings (SSSR count). The lowest BCUT2D eigenvalue weighted by atomic mass is 9.98. The summed E-state index contributed by atoms with van der Waals surface area (Å²) in [7, 11) is -3.48. The molecule has 1 aliphatic rings. The smallest absolute Gasteiger partial charge is 0.243 e. The number of aryl methyl sites for hydroxylation is 2. The first kappa shape index (κ1) is 16.1. The van der Waals surface area contributed by atoms with Crippen molar-refractivity contribution in [3.8, 4) is 0 Å². The zero-order valence-electron chi connectivity index (χ0n) is 13.6. The summed E-state index contributed by atoms with van der Waals surface area (Å²) in [5.74, 6) is 0. The molecule has 1 fully saturated rings. The second kappa shape index (κ2) is 6.42. The summed E-state index contributed by atoms with van der Waals surface area (Å²) >= 11 is 0. The number of aromatic nitrogens is 1. The predicted molar refractivity (Wildman–Crippen MR) is 90.6 cm³/mol. The van der Waals surface area contributed by atoms with E-state index in [2.05, 4.69) is 4.98 Å². The standard InChI is InChI=1S/C18H22N2O2S/c1-14-6-8-17(9-7-14)23(21,22)20-12-4-3-5-18(20)16-10-11-19-15(2)13-16/h6-11,13,18H,3-5,12H2,1-2H3/t18-/m0/s1. The van der Waals surface area contributed by atoms with Crippen molar-refractivity contribution >= 4 is 10.0 Å². The Kier molecular flexibility index (Phi) is 4.50. The minimum atomic E-state index is -3.48. The molecular weight excluding hydrogens is 308 g/mol. The summed E-state index contributed by atoms with van der Waals surface area (Å²) in [4.78, 5) is 4.60. The van der Waals surface area contributed by atoms with Gasteiger partial charge in [0.2, 0.25) is 10.0 Å². The lowest BCUT2D eigenvalue weighted by molar-refractivity contribution is 0.256. The van der Waals surface area contributed by atoms with Crippen LogP contribution in [0.1, 0.15) is 42.1 Å². The molecule has 0 radical (unpaired) electrons. The normalized spacial score (nSPS) is 19.7. The number of hydrogen-bond acceptors (Lipinski definition) is 3. The number of benzene rings is 1. The highest BCUT2D eigenvalue weighted by molar-refractivity contribution is 7.89. The highest BCUT2D eigenvalue weighted by Crippen LogP contribution is 2.35. The second-order valence-corrected chi connectivity index (χ2v) is 8.06. The molecule has 2 heterocycles. The zero-order valence-corrected chi connectivity index (χ0v) is 14.4. The van der Waals surface area contributed by atoms with Gasteiger partial charge >= 0.3 is 0 Å². The Morgan fingerprint density at radius 2 is 1.83 bits per heavy atom. The third kappa shape index (κ3) is 3.31. The molecule has 5 heteroatoms. The highest BCUT2D eigenvalue weighted by atomic mass is 32.2. The van der Waals surface area contributed by atoms with Crippen molar-refractivity contribution in [1.82, 2.24) is 9.29 Å². The van der Waals surface area contributed by atoms with Crippen LogP contribution in [0.3, 0.4) is 0 Å². The van der Waals surface area contributed by atoms with E-state index in [9.17, 15) is 8.42 Å². The Bertz CT molecular complexity index is 785. The van der Waals surface area contributed by atoms with Crippen LogP contribution in [-0.2, 0) is 10.0 Å². The van der Waals surface area contributed by atoms with E-state index in [1.807, 2.05) is 38.1 Å². The van der Waals surface area contributed by atoms with Crippen LogP contribution in [0.4, 0.5) is 0 Å². The van der Waals surface area contributed by atoms with Gasteiger partial charge in [0, 0.05) is 18.4 Å². The Balaban J connectivity index is 1.99. The zero-order chi connectivity index (χ0) is 16.4. The molecule has 0 saturated carbocycles. The molecule has 1 aromatic carbocycles. The molecule has 1 saturated heterocycles. The van der Waals surface area contributed by atoms with Gasteiger partial charge in [0.1, 0.15) is 0 Å². The summed E-state index contributed by atoms with van der Waals surface area (Å²) in [6.45, 7) is 4.47. The molecule has 0 N–H and O–H groups in total. The molecule has 4 nitrogen and oxygen atoms in total. The Morgan fingerprint density at radius 3 is 2.52 bits per heavy atom. The van der Waals surface area contributed by atoms with Gasteiger partial charge in [-0.25, -0.2) is 8.42 Å². The van der Waals surface area contributed by atoms with Gasteiger partial charge in [0.15, 0.2) is 0 Å². The molecule has 0 unspecified atom stereocenters. The lowest BCUT2D eigenvalue weighted by Gasteiger charge is -2.35. The first-order chi connectivity index (χ1) is 11.0. The van der Waals surface area contributed by atoms with Crippen molar-refractivity contribution in [2.24, 2.45) is 0 Å². The number of pyridine rings is 1. The molecule has 0 aliphatic carbocycles. The SMILES string of the molecule is Cc1ccc(S(=O)(=O)N2CCCC[C@H]2c2ccnc(C)c2)cc1. The lowest BCUT2D eigenvalue weighted by Crippen LogP contribution is -2.38. The molecule has 0 spiro atoms. The van der Waals surface area contributed by atoms with Crippen LogP contribution in [0.25, 0.3) is 0 Å². The van der Waals surface area contributed by atoms with Crippen LogP contribution in [0.15, 0.2) is 47.5 Å². The van der Waals surface area contributed by atoms with Gasteiger partial charge in [-0.05, 0) is 56.5 Å². The largest absolute Gasteiger partial charge is 0.262 e. The van der Waals surface area contributed by atoms with Crippen LogP contribution in [0.5, 0.6) is 0 Å². The minimum absolute atomic E-state index is 0.100. The molecular formula is C18H22N2O2S. The molecule has 1 aliphatic heterocycles. The average Bonchev–Trinajstić information content (AvgIpc) is 2.55. The summed E-state index contributed by atoms with van der Waals surface area (Å²) in [5.41, 5.74) is 3.01. The first-order valence-electron chi connectivity index (χ1n) is 7.99. The van der Waals surface area contributed by atoms with Gasteiger partial charge in [-0.3, -0.25) is 4.98 Å². The highest BCUT2D eigenvalue weighted by Gasteiger charge is 2.34. The average molecular weight is 330 g/mol. The van der Waals surface area contributed by atoms with Crippen LogP contribution >= 0.6 is 0 Å². The molecule has 0 bridgehead atoms. The topological polar surface area (TPSA) is 50.3 Å². The number of piperidine rings is 1. The van der Waals surface area contributed by atoms with Gasteiger partial charge in [-0.15, -0.1) is 0 Å². The van der Waals surface area contributed by atoms with Gasteiger partial charge in [-0.2, -0.15) is 4.31 Å². The number of hydrogen-bond donors (Lipinski definition) is 0. The fourth-order valence-electron chi connectivity index (χ4n) is 3.15. The fraction of sp³-hybridized carbons (Fsp3) is 0.389. The monoisotopic (exact) mass is 330 g/mol. The van der Waals surface area contributed by atoms with E-state index in [-0.39, 0.29) is 6.04 Å². The third-order valence-electron chi connectivity index (χ3n) is 4.39. The molecule has 1 aromatic heterocycles. The van der Waals surface area contributed by atoms with Crippen molar-refractivity contribution in [2.75, 3.05) is 6.54 Å². The van der Waals surface area contributed by atoms with Crippen LogP contribution in [0.2, 0.25) is 0 Å². The molecule has 0 amide bonds. The maximum Gasteiger partial charge on any atom is 0.243 e. The van der Waals surface area contributed by atoms with E-state index in [0.29, 0.717) is 11.4 Å². The maximum atomic E-state index is 13.1. The van der Waals surface area contributed by atoms with E-state index in [1.165, 1.54) is 0 Å². The van der Waals surface area contributed by atoms with Gasteiger partial charge in [-0.1, -0.05) is 24.1 Å².